The molecule has 0 amide bonds. The molecule has 20 rings (SSSR count). The highest BCUT2D eigenvalue weighted by molar-refractivity contribution is 8.00. The summed E-state index contributed by atoms with van der Waals surface area (Å²) in [4.78, 5) is 15.2. The summed E-state index contributed by atoms with van der Waals surface area (Å²) in [5.41, 5.74) is 33.2. The highest BCUT2D eigenvalue weighted by atomic mass is 32.2. The molecule has 16 aromatic carbocycles. The maximum absolute atomic E-state index is 2.70. The lowest BCUT2D eigenvalue weighted by atomic mass is 9.31. The predicted octanol–water partition coefficient (Wildman–Crippen LogP) is 22.1. The van der Waals surface area contributed by atoms with Crippen molar-refractivity contribution in [2.75, 3.05) is 24.5 Å². The summed E-state index contributed by atoms with van der Waals surface area (Å²) in [5, 5.41) is 0. The maximum atomic E-state index is 2.70. The molecule has 0 aromatic heterocycles. The van der Waals surface area contributed by atoms with Crippen molar-refractivity contribution in [1.82, 2.24) is 0 Å². The smallest absolute Gasteiger partial charge is 0.252 e. The molecule has 0 spiro atoms. The Kier molecular flexibility index (Phi) is 15.0. The summed E-state index contributed by atoms with van der Waals surface area (Å²) in [6.07, 6.45) is 0. The summed E-state index contributed by atoms with van der Waals surface area (Å²) in [6, 6.07) is 146. The Labute approximate surface area is 612 Å². The van der Waals surface area contributed by atoms with Gasteiger partial charge in [-0.25, -0.2) is 0 Å². The zero-order chi connectivity index (χ0) is 68.6. The number of anilines is 15. The molecule has 4 aliphatic rings. The van der Waals surface area contributed by atoms with Gasteiger partial charge in [-0.1, -0.05) is 308 Å². The third-order valence-electron chi connectivity index (χ3n) is 21.2. The Hall–Kier alpha value is -13.0. The lowest BCUT2D eigenvalue weighted by Crippen LogP contribution is -2.64. The van der Waals surface area contributed by atoms with Gasteiger partial charge in [-0.3, -0.25) is 0 Å². The first-order chi connectivity index (χ1) is 51.7. The molecular weight excluding hydrogens is 1280 g/mol. The fraction of sp³-hybridized carbons (Fsp3) is 0. The zero-order valence-electron chi connectivity index (χ0n) is 56.8. The Morgan fingerprint density at radius 1 is 0.221 bits per heavy atom. The third kappa shape index (κ3) is 10.1. The molecule has 0 saturated carbocycles. The first kappa shape index (κ1) is 60.9. The van der Waals surface area contributed by atoms with E-state index in [1.807, 2.05) is 11.8 Å². The van der Waals surface area contributed by atoms with Gasteiger partial charge in [0.2, 0.25) is 6.71 Å². The van der Waals surface area contributed by atoms with E-state index in [-0.39, 0.29) is 13.4 Å². The predicted molar refractivity (Wildman–Crippen MR) is 441 cm³/mol. The van der Waals surface area contributed by atoms with E-state index in [0.29, 0.717) is 0 Å². The number of hydrogen-bond acceptors (Lipinski definition) is 6. The second-order valence-corrected chi connectivity index (χ2v) is 28.1. The van der Waals surface area contributed by atoms with Gasteiger partial charge in [-0.15, -0.1) is 0 Å². The number of nitrogens with zero attached hydrogens (tertiary/aromatic N) is 5. The van der Waals surface area contributed by atoms with Crippen molar-refractivity contribution < 1.29 is 0 Å². The SMILES string of the molecule is c1ccc(-c2ccccc2N(c2ccccc2)c2cc3c4c(c2)N(c2ccccc2)c2ccccc2B4c2cc4c(cc2S3)N(c2c(-c3ccccc3)cccc2-c2ccccc2)c2cc(N(c3ccccc3)c3ccccc3-c3ccccc3)cc3c2B4c2ccccc2N3c2ccccc2)cc1. The second kappa shape index (κ2) is 25.6. The molecule has 104 heavy (non-hydrogen) atoms. The van der Waals surface area contributed by atoms with Gasteiger partial charge in [-0.05, 0) is 153 Å². The number of fused-ring (bicyclic) bond motifs is 8. The van der Waals surface area contributed by atoms with Crippen LogP contribution < -0.4 is 57.3 Å². The van der Waals surface area contributed by atoms with Crippen molar-refractivity contribution in [3.8, 4) is 44.5 Å². The van der Waals surface area contributed by atoms with Crippen molar-refractivity contribution >= 4 is 143 Å². The van der Waals surface area contributed by atoms with Gasteiger partial charge in [0.05, 0.1) is 22.7 Å². The molecule has 4 aliphatic heterocycles. The van der Waals surface area contributed by atoms with Crippen LogP contribution in [0.1, 0.15) is 0 Å². The largest absolute Gasteiger partial charge is 0.311 e. The Bertz CT molecular complexity index is 5880. The average molecular weight is 1340 g/mol. The molecule has 0 fully saturated rings. The monoisotopic (exact) mass is 1340 g/mol. The first-order valence-corrected chi connectivity index (χ1v) is 36.6. The van der Waals surface area contributed by atoms with Gasteiger partial charge in [0.15, 0.2) is 0 Å². The maximum Gasteiger partial charge on any atom is 0.252 e. The molecule has 486 valence electrons. The molecule has 0 N–H and O–H groups in total. The first-order valence-electron chi connectivity index (χ1n) is 35.8. The highest BCUT2D eigenvalue weighted by Gasteiger charge is 2.48. The van der Waals surface area contributed by atoms with E-state index in [4.69, 9.17) is 0 Å². The molecule has 0 aliphatic carbocycles. The molecule has 16 aromatic rings. The van der Waals surface area contributed by atoms with Crippen LogP contribution in [-0.4, -0.2) is 13.4 Å². The van der Waals surface area contributed by atoms with Crippen molar-refractivity contribution in [2.45, 2.75) is 9.79 Å². The van der Waals surface area contributed by atoms with E-state index in [1.54, 1.807) is 0 Å². The molecule has 0 unspecified atom stereocenters. The second-order valence-electron chi connectivity index (χ2n) is 27.0. The lowest BCUT2D eigenvalue weighted by Gasteiger charge is -2.46. The van der Waals surface area contributed by atoms with Crippen LogP contribution in [0.2, 0.25) is 0 Å². The number of para-hydroxylation sites is 9. The van der Waals surface area contributed by atoms with E-state index in [1.165, 1.54) is 42.6 Å². The molecule has 0 saturated heterocycles. The minimum absolute atomic E-state index is 0.148. The fourth-order valence-corrected chi connectivity index (χ4v) is 18.1. The van der Waals surface area contributed by atoms with Crippen LogP contribution in [0.4, 0.5) is 85.3 Å². The summed E-state index contributed by atoms with van der Waals surface area (Å²) < 4.78 is 0. The summed E-state index contributed by atoms with van der Waals surface area (Å²) in [7, 11) is 0. The lowest BCUT2D eigenvalue weighted by molar-refractivity contribution is 1.22. The highest BCUT2D eigenvalue weighted by Crippen LogP contribution is 2.55. The van der Waals surface area contributed by atoms with Crippen molar-refractivity contribution in [3.63, 3.8) is 0 Å². The third-order valence-corrected chi connectivity index (χ3v) is 22.3. The zero-order valence-corrected chi connectivity index (χ0v) is 57.6. The summed E-state index contributed by atoms with van der Waals surface area (Å²) >= 11 is 1.91. The van der Waals surface area contributed by atoms with Crippen LogP contribution in [0.15, 0.2) is 404 Å². The molecule has 0 radical (unpaired) electrons. The van der Waals surface area contributed by atoms with Crippen LogP contribution in [-0.2, 0) is 0 Å². The van der Waals surface area contributed by atoms with E-state index >= 15 is 0 Å². The Morgan fingerprint density at radius 2 is 0.577 bits per heavy atom. The van der Waals surface area contributed by atoms with Gasteiger partial charge in [0, 0.05) is 94.6 Å². The van der Waals surface area contributed by atoms with Gasteiger partial charge < -0.3 is 24.5 Å². The van der Waals surface area contributed by atoms with Crippen molar-refractivity contribution in [1.29, 1.82) is 0 Å². The van der Waals surface area contributed by atoms with Crippen LogP contribution in [0, 0.1) is 0 Å². The van der Waals surface area contributed by atoms with E-state index < -0.39 is 0 Å². The summed E-state index contributed by atoms with van der Waals surface area (Å²) in [6.45, 7) is -0.366. The van der Waals surface area contributed by atoms with Gasteiger partial charge in [0.1, 0.15) is 0 Å². The topological polar surface area (TPSA) is 16.2 Å². The number of benzene rings is 16. The van der Waals surface area contributed by atoms with Crippen LogP contribution in [0.5, 0.6) is 0 Å². The number of rotatable bonds is 13. The normalized spacial score (nSPS) is 12.7. The number of hydrogen-bond donors (Lipinski definition) is 0. The Balaban J connectivity index is 0.908. The van der Waals surface area contributed by atoms with Crippen molar-refractivity contribution in [3.05, 3.63) is 394 Å². The van der Waals surface area contributed by atoms with Crippen molar-refractivity contribution in [2.24, 2.45) is 0 Å². The molecule has 0 bridgehead atoms. The Morgan fingerprint density at radius 3 is 1.05 bits per heavy atom. The van der Waals surface area contributed by atoms with Gasteiger partial charge in [0.25, 0.3) is 6.71 Å². The minimum atomic E-state index is -0.218. The fourth-order valence-electron chi connectivity index (χ4n) is 16.9. The molecule has 0 atom stereocenters. The van der Waals surface area contributed by atoms with E-state index in [9.17, 15) is 0 Å². The van der Waals surface area contributed by atoms with E-state index in [0.717, 1.165) is 130 Å². The van der Waals surface area contributed by atoms with Crippen LogP contribution >= 0.6 is 11.8 Å². The molecule has 4 heterocycles. The molecular formula is C96H65B2N5S. The average Bonchev–Trinajstić information content (AvgIpc) is 0.686. The van der Waals surface area contributed by atoms with Gasteiger partial charge >= 0.3 is 0 Å². The van der Waals surface area contributed by atoms with Crippen LogP contribution in [0.3, 0.4) is 0 Å². The quantitative estimate of drug-likeness (QED) is 0.106. The van der Waals surface area contributed by atoms with E-state index in [2.05, 4.69) is 419 Å². The standard InChI is InChI=1S/C96H65B2N5S/c1-9-34-66(35-10-1)76-50-25-29-56-84(76)99(70-42-17-5-18-43-70)74-60-89-94-90(61-74)103(96-78(68-38-13-3-14-39-68)52-33-53-79(96)69-40-15-4-16-41-69)88-65-92-83(64-82(88)97(94)80-54-27-31-58-86(80)101(89)72-46-21-7-22-47-72)98-81-55-28-32-59-87(81)102(73-48-23-8-24-49-73)91-62-75(63-93(104-92)95(91)98)100(71-44-19-6-20-45-71)85-57-30-26-51-77(85)67-36-11-2-12-37-67/h1-65H. The molecule has 5 nitrogen and oxygen atoms in total. The summed E-state index contributed by atoms with van der Waals surface area (Å²) in [5.74, 6) is 0. The minimum Gasteiger partial charge on any atom is -0.311 e. The van der Waals surface area contributed by atoms with Gasteiger partial charge in [-0.2, -0.15) is 0 Å². The molecule has 8 heteroatoms. The van der Waals surface area contributed by atoms with Crippen LogP contribution in [0.25, 0.3) is 44.5 Å².